The lowest BCUT2D eigenvalue weighted by atomic mass is 9.92. The molecule has 2 saturated heterocycles. The molecule has 0 aromatic carbocycles. The highest BCUT2D eigenvalue weighted by atomic mass is 16.5. The van der Waals surface area contributed by atoms with Crippen LogP contribution in [-0.4, -0.2) is 23.1 Å². The average Bonchev–Trinajstić information content (AvgIpc) is 2.50. The van der Waals surface area contributed by atoms with Gasteiger partial charge in [0.1, 0.15) is 0 Å². The highest BCUT2D eigenvalue weighted by Gasteiger charge is 2.43. The third-order valence-electron chi connectivity index (χ3n) is 3.31. The van der Waals surface area contributed by atoms with Crippen LogP contribution in [0.2, 0.25) is 0 Å². The van der Waals surface area contributed by atoms with E-state index < -0.39 is 0 Å². The Morgan fingerprint density at radius 2 is 2.07 bits per heavy atom. The molecule has 3 atom stereocenters. The molecule has 0 N–H and O–H groups in total. The summed E-state index contributed by atoms with van der Waals surface area (Å²) < 4.78 is 4.80. The summed E-state index contributed by atoms with van der Waals surface area (Å²) in [5.74, 6) is 0.107. The summed E-state index contributed by atoms with van der Waals surface area (Å²) in [4.78, 5) is 13.4. The van der Waals surface area contributed by atoms with Crippen LogP contribution in [0.1, 0.15) is 25.7 Å². The largest absolute Gasteiger partial charge is 0.419 e. The van der Waals surface area contributed by atoms with E-state index in [1.54, 1.807) is 4.90 Å². The van der Waals surface area contributed by atoms with Gasteiger partial charge < -0.3 is 9.64 Å². The topological polar surface area (TPSA) is 53.3 Å². The Hall–Kier alpha value is -1.50. The zero-order chi connectivity index (χ0) is 10.8. The molecule has 0 aromatic rings. The first-order chi connectivity index (χ1) is 7.26. The first kappa shape index (κ1) is 10.0. The Labute approximate surface area is 89.1 Å². The highest BCUT2D eigenvalue weighted by molar-refractivity contribution is 5.69. The van der Waals surface area contributed by atoms with Crippen LogP contribution in [0, 0.1) is 17.2 Å². The van der Waals surface area contributed by atoms with Crippen molar-refractivity contribution >= 4 is 6.09 Å². The normalized spacial score (nSPS) is 33.3. The molecule has 15 heavy (non-hydrogen) atoms. The second-order valence-corrected chi connectivity index (χ2v) is 4.14. The number of nitriles is 1. The van der Waals surface area contributed by atoms with Gasteiger partial charge in [0.25, 0.3) is 0 Å². The number of carbonyl (C=O) groups is 1. The third-order valence-corrected chi connectivity index (χ3v) is 3.31. The lowest BCUT2D eigenvalue weighted by Crippen LogP contribution is -2.46. The molecule has 2 aliphatic heterocycles. The molecule has 2 fully saturated rings. The van der Waals surface area contributed by atoms with Crippen molar-refractivity contribution in [2.24, 2.45) is 5.92 Å². The van der Waals surface area contributed by atoms with Crippen LogP contribution in [0.3, 0.4) is 0 Å². The van der Waals surface area contributed by atoms with E-state index in [0.717, 1.165) is 31.9 Å². The van der Waals surface area contributed by atoms with Gasteiger partial charge in [0, 0.05) is 12.1 Å². The van der Waals surface area contributed by atoms with E-state index in [1.807, 2.05) is 0 Å². The standard InChI is InChI=1S/C11H14N2O2/c1-2-15-11(14)13-9-3-4-10(13)6-8(5-9)7-12/h2,8-10H,1,3-6H2/t8?,9-,10+. The average molecular weight is 206 g/mol. The van der Waals surface area contributed by atoms with Gasteiger partial charge in [0.2, 0.25) is 0 Å². The number of amides is 1. The fourth-order valence-electron chi connectivity index (χ4n) is 2.71. The summed E-state index contributed by atoms with van der Waals surface area (Å²) in [6.45, 7) is 3.38. The molecular formula is C11H14N2O2. The SMILES string of the molecule is C=COC(=O)N1[C@@H]2CC[C@H]1CC(C#N)C2. The molecule has 1 amide bonds. The van der Waals surface area contributed by atoms with Gasteiger partial charge in [-0.25, -0.2) is 4.79 Å². The van der Waals surface area contributed by atoms with Crippen molar-refractivity contribution in [3.05, 3.63) is 12.8 Å². The molecule has 0 aliphatic carbocycles. The smallest absolute Gasteiger partial charge is 0.415 e. The van der Waals surface area contributed by atoms with Crippen LogP contribution in [0.25, 0.3) is 0 Å². The van der Waals surface area contributed by atoms with Gasteiger partial charge >= 0.3 is 6.09 Å². The van der Waals surface area contributed by atoms with Gasteiger partial charge in [0.15, 0.2) is 0 Å². The van der Waals surface area contributed by atoms with Crippen molar-refractivity contribution in [3.8, 4) is 6.07 Å². The molecule has 2 bridgehead atoms. The number of piperidine rings is 1. The zero-order valence-corrected chi connectivity index (χ0v) is 8.56. The third kappa shape index (κ3) is 1.70. The fraction of sp³-hybridized carbons (Fsp3) is 0.636. The van der Waals surface area contributed by atoms with E-state index in [-0.39, 0.29) is 24.1 Å². The first-order valence-corrected chi connectivity index (χ1v) is 5.25. The van der Waals surface area contributed by atoms with E-state index in [2.05, 4.69) is 12.6 Å². The number of hydrogen-bond acceptors (Lipinski definition) is 3. The van der Waals surface area contributed by atoms with Crippen LogP contribution >= 0.6 is 0 Å². The van der Waals surface area contributed by atoms with Crippen molar-refractivity contribution in [2.45, 2.75) is 37.8 Å². The number of hydrogen-bond donors (Lipinski definition) is 0. The predicted molar refractivity (Wildman–Crippen MR) is 53.7 cm³/mol. The molecule has 4 heteroatoms. The molecule has 0 saturated carbocycles. The van der Waals surface area contributed by atoms with Crippen LogP contribution in [0.5, 0.6) is 0 Å². The van der Waals surface area contributed by atoms with Gasteiger partial charge in [-0.1, -0.05) is 6.58 Å². The van der Waals surface area contributed by atoms with E-state index in [4.69, 9.17) is 10.00 Å². The predicted octanol–water partition coefficient (Wildman–Crippen LogP) is 2.03. The lowest BCUT2D eigenvalue weighted by molar-refractivity contribution is 0.0883. The zero-order valence-electron chi connectivity index (χ0n) is 8.56. The maximum Gasteiger partial charge on any atom is 0.415 e. The van der Waals surface area contributed by atoms with Crippen LogP contribution < -0.4 is 0 Å². The summed E-state index contributed by atoms with van der Waals surface area (Å²) in [6.07, 6.45) is 4.43. The Morgan fingerprint density at radius 1 is 1.47 bits per heavy atom. The summed E-state index contributed by atoms with van der Waals surface area (Å²) in [6, 6.07) is 2.69. The number of nitrogens with zero attached hydrogens (tertiary/aromatic N) is 2. The van der Waals surface area contributed by atoms with Crippen LogP contribution in [-0.2, 0) is 4.74 Å². The quantitative estimate of drug-likeness (QED) is 0.617. The van der Waals surface area contributed by atoms with Gasteiger partial charge in [-0.2, -0.15) is 5.26 Å². The molecule has 1 unspecified atom stereocenters. The van der Waals surface area contributed by atoms with E-state index in [0.29, 0.717) is 0 Å². The van der Waals surface area contributed by atoms with Gasteiger partial charge in [-0.05, 0) is 25.7 Å². The molecule has 2 heterocycles. The Balaban J connectivity index is 2.08. The minimum absolute atomic E-state index is 0.107. The lowest BCUT2D eigenvalue weighted by Gasteiger charge is -2.35. The number of fused-ring (bicyclic) bond motifs is 2. The highest BCUT2D eigenvalue weighted by Crippen LogP contribution is 2.38. The van der Waals surface area contributed by atoms with Crippen LogP contribution in [0.15, 0.2) is 12.8 Å². The maximum absolute atomic E-state index is 11.6. The second-order valence-electron chi connectivity index (χ2n) is 4.14. The fourth-order valence-corrected chi connectivity index (χ4v) is 2.71. The molecule has 0 spiro atoms. The van der Waals surface area contributed by atoms with Gasteiger partial charge in [0.05, 0.1) is 18.2 Å². The van der Waals surface area contributed by atoms with E-state index in [1.165, 1.54) is 0 Å². The van der Waals surface area contributed by atoms with Crippen molar-refractivity contribution in [1.29, 1.82) is 5.26 Å². The Morgan fingerprint density at radius 3 is 2.53 bits per heavy atom. The molecular weight excluding hydrogens is 192 g/mol. The minimum Gasteiger partial charge on any atom is -0.419 e. The maximum atomic E-state index is 11.6. The van der Waals surface area contributed by atoms with Gasteiger partial charge in [-0.15, -0.1) is 0 Å². The Kier molecular flexibility index (Phi) is 2.63. The summed E-state index contributed by atoms with van der Waals surface area (Å²) in [5.41, 5.74) is 0. The number of carbonyl (C=O) groups excluding carboxylic acids is 1. The van der Waals surface area contributed by atoms with E-state index >= 15 is 0 Å². The second kappa shape index (κ2) is 3.93. The Bertz CT molecular complexity index is 307. The van der Waals surface area contributed by atoms with Crippen molar-refractivity contribution in [2.75, 3.05) is 0 Å². The van der Waals surface area contributed by atoms with Crippen molar-refractivity contribution < 1.29 is 9.53 Å². The molecule has 2 rings (SSSR count). The molecule has 2 aliphatic rings. The molecule has 0 aromatic heterocycles. The summed E-state index contributed by atoms with van der Waals surface area (Å²) in [5, 5.41) is 8.88. The van der Waals surface area contributed by atoms with E-state index in [9.17, 15) is 4.79 Å². The first-order valence-electron chi connectivity index (χ1n) is 5.25. The van der Waals surface area contributed by atoms with Crippen LogP contribution in [0.4, 0.5) is 4.79 Å². The van der Waals surface area contributed by atoms with Crippen molar-refractivity contribution in [3.63, 3.8) is 0 Å². The molecule has 4 nitrogen and oxygen atoms in total. The van der Waals surface area contributed by atoms with Gasteiger partial charge in [-0.3, -0.25) is 0 Å². The summed E-state index contributed by atoms with van der Waals surface area (Å²) in [7, 11) is 0. The monoisotopic (exact) mass is 206 g/mol. The minimum atomic E-state index is -0.311. The number of rotatable bonds is 1. The molecule has 0 radical (unpaired) electrons. The molecule has 80 valence electrons. The number of ether oxygens (including phenoxy) is 1. The van der Waals surface area contributed by atoms with Crippen molar-refractivity contribution in [1.82, 2.24) is 4.90 Å². The summed E-state index contributed by atoms with van der Waals surface area (Å²) >= 11 is 0.